The minimum Gasteiger partial charge on any atom is -0.500 e. The molecule has 1 unspecified atom stereocenters. The molecule has 0 saturated heterocycles. The van der Waals surface area contributed by atoms with Crippen LogP contribution >= 0.6 is 0 Å². The van der Waals surface area contributed by atoms with Gasteiger partial charge in [0.2, 0.25) is 0 Å². The smallest absolute Gasteiger partial charge is 0.339 e. The number of carbonyl (C=O) groups excluding carboxylic acids is 2. The third kappa shape index (κ3) is 7.35. The highest BCUT2D eigenvalue weighted by molar-refractivity contribution is 6.04. The van der Waals surface area contributed by atoms with Crippen molar-refractivity contribution in [2.24, 2.45) is 11.3 Å². The maximum absolute atomic E-state index is 13.0. The molecule has 1 aliphatic rings. The van der Waals surface area contributed by atoms with Crippen LogP contribution in [0.5, 0.6) is 5.75 Å². The van der Waals surface area contributed by atoms with Crippen molar-refractivity contribution in [2.45, 2.75) is 86.7 Å². The van der Waals surface area contributed by atoms with E-state index in [1.807, 2.05) is 52.8 Å². The van der Waals surface area contributed by atoms with Gasteiger partial charge in [-0.15, -0.1) is 0 Å². The minimum atomic E-state index is -0.596. The number of methoxy groups -OCH3 is 1. The number of hydrogen-bond donors (Lipinski definition) is 0. The molecule has 1 atom stereocenters. The van der Waals surface area contributed by atoms with Crippen molar-refractivity contribution < 1.29 is 23.8 Å². The Balaban J connectivity index is 2.21. The van der Waals surface area contributed by atoms with Gasteiger partial charge in [0.05, 0.1) is 19.3 Å². The number of rotatable bonds is 11. The maximum atomic E-state index is 13.0. The zero-order chi connectivity index (χ0) is 27.1. The van der Waals surface area contributed by atoms with E-state index in [1.165, 1.54) is 19.3 Å². The molecule has 0 N–H and O–H groups in total. The molecule has 1 aromatic carbocycles. The summed E-state index contributed by atoms with van der Waals surface area (Å²) in [6, 6.07) is 7.28. The van der Waals surface area contributed by atoms with Crippen LogP contribution in [0.25, 0.3) is 0 Å². The largest absolute Gasteiger partial charge is 0.500 e. The predicted octanol–water partition coefficient (Wildman–Crippen LogP) is 7.62. The quantitative estimate of drug-likeness (QED) is 0.136. The Morgan fingerprint density at radius 3 is 2.22 bits per heavy atom. The first kappa shape index (κ1) is 29.4. The molecule has 0 bridgehead atoms. The monoisotopic (exact) mass is 496 g/mol. The van der Waals surface area contributed by atoms with Gasteiger partial charge < -0.3 is 14.2 Å². The molecule has 0 amide bonds. The highest BCUT2D eigenvalue weighted by Gasteiger charge is 2.42. The summed E-state index contributed by atoms with van der Waals surface area (Å²) in [4.78, 5) is 26.0. The topological polar surface area (TPSA) is 61.8 Å². The van der Waals surface area contributed by atoms with Crippen LogP contribution in [0.1, 0.15) is 91.4 Å². The number of benzene rings is 1. The number of ether oxygens (including phenoxy) is 3. The fraction of sp³-hybridized carbons (Fsp3) is 0.548. The normalized spacial score (nSPS) is 18.0. The van der Waals surface area contributed by atoms with Crippen LogP contribution in [0.15, 0.2) is 58.9 Å². The lowest BCUT2D eigenvalue weighted by atomic mass is 9.66. The molecular formula is C31H44O5. The zero-order valence-electron chi connectivity index (χ0n) is 23.6. The molecule has 198 valence electrons. The van der Waals surface area contributed by atoms with Crippen molar-refractivity contribution in [3.05, 3.63) is 64.5 Å². The summed E-state index contributed by atoms with van der Waals surface area (Å²) in [7, 11) is 1.60. The molecular weight excluding hydrogens is 452 g/mol. The van der Waals surface area contributed by atoms with Gasteiger partial charge in [-0.3, -0.25) is 4.79 Å². The van der Waals surface area contributed by atoms with Crippen molar-refractivity contribution in [2.75, 3.05) is 13.7 Å². The first-order chi connectivity index (χ1) is 16.8. The number of esters is 1. The summed E-state index contributed by atoms with van der Waals surface area (Å²) in [5.74, 6) is 0.793. The molecule has 5 nitrogen and oxygen atoms in total. The molecule has 0 fully saturated rings. The summed E-state index contributed by atoms with van der Waals surface area (Å²) in [5, 5.41) is 0. The maximum Gasteiger partial charge on any atom is 0.339 e. The second kappa shape index (κ2) is 12.4. The third-order valence-corrected chi connectivity index (χ3v) is 6.81. The van der Waals surface area contributed by atoms with Crippen molar-refractivity contribution in [3.63, 3.8) is 0 Å². The fourth-order valence-electron chi connectivity index (χ4n) is 4.48. The van der Waals surface area contributed by atoms with E-state index in [0.717, 1.165) is 23.3 Å². The highest BCUT2D eigenvalue weighted by Crippen LogP contribution is 2.48. The Hall–Kier alpha value is -2.82. The van der Waals surface area contributed by atoms with Crippen LogP contribution in [0, 0.1) is 11.3 Å². The molecule has 36 heavy (non-hydrogen) atoms. The third-order valence-electron chi connectivity index (χ3n) is 6.81. The summed E-state index contributed by atoms with van der Waals surface area (Å²) in [5.41, 5.74) is 1.75. The van der Waals surface area contributed by atoms with Gasteiger partial charge in [0, 0.05) is 17.1 Å². The van der Waals surface area contributed by atoms with Crippen molar-refractivity contribution in [3.8, 4) is 5.75 Å². The molecule has 2 rings (SSSR count). The van der Waals surface area contributed by atoms with Gasteiger partial charge in [-0.2, -0.15) is 0 Å². The minimum absolute atomic E-state index is 0.0898. The van der Waals surface area contributed by atoms with E-state index < -0.39 is 11.0 Å². The average Bonchev–Trinajstić information content (AvgIpc) is 2.79. The summed E-state index contributed by atoms with van der Waals surface area (Å²) < 4.78 is 17.2. The number of allylic oxidation sites excluding steroid dienone is 3. The lowest BCUT2D eigenvalue weighted by Crippen LogP contribution is -2.35. The van der Waals surface area contributed by atoms with Crippen LogP contribution in [0.4, 0.5) is 0 Å². The van der Waals surface area contributed by atoms with Gasteiger partial charge in [0.1, 0.15) is 17.1 Å². The van der Waals surface area contributed by atoms with Gasteiger partial charge in [-0.05, 0) is 76.8 Å². The number of carbonyl (C=O) groups is 2. The van der Waals surface area contributed by atoms with E-state index in [4.69, 9.17) is 14.2 Å². The van der Waals surface area contributed by atoms with Gasteiger partial charge in [-0.1, -0.05) is 51.7 Å². The number of unbranched alkanes of at least 4 members (excludes halogenated alkanes) is 3. The van der Waals surface area contributed by atoms with Crippen LogP contribution < -0.4 is 4.74 Å². The van der Waals surface area contributed by atoms with Crippen LogP contribution in [-0.2, 0) is 14.3 Å². The Morgan fingerprint density at radius 1 is 1.03 bits per heavy atom. The number of hydrogen-bond acceptors (Lipinski definition) is 5. The molecule has 5 heteroatoms. The van der Waals surface area contributed by atoms with Crippen LogP contribution in [0.2, 0.25) is 0 Å². The highest BCUT2D eigenvalue weighted by atomic mass is 16.6. The lowest BCUT2D eigenvalue weighted by molar-refractivity contribution is -0.149. The van der Waals surface area contributed by atoms with Crippen molar-refractivity contribution >= 4 is 11.8 Å². The summed E-state index contributed by atoms with van der Waals surface area (Å²) in [6.45, 7) is 16.4. The Kier molecular flexibility index (Phi) is 10.2. The molecule has 0 aliphatic heterocycles. The van der Waals surface area contributed by atoms with E-state index in [-0.39, 0.29) is 17.7 Å². The molecule has 0 saturated carbocycles. The summed E-state index contributed by atoms with van der Waals surface area (Å²) in [6.07, 6.45) is 8.11. The Bertz CT molecular complexity index is 1020. The van der Waals surface area contributed by atoms with E-state index in [2.05, 4.69) is 20.8 Å². The fourth-order valence-corrected chi connectivity index (χ4v) is 4.48. The summed E-state index contributed by atoms with van der Waals surface area (Å²) >= 11 is 0. The van der Waals surface area contributed by atoms with Gasteiger partial charge in [0.25, 0.3) is 0 Å². The lowest BCUT2D eigenvalue weighted by Gasteiger charge is -2.40. The Labute approximate surface area is 217 Å². The van der Waals surface area contributed by atoms with Crippen LogP contribution in [-0.4, -0.2) is 31.1 Å². The van der Waals surface area contributed by atoms with E-state index in [9.17, 15) is 9.59 Å². The molecule has 0 radical (unpaired) electrons. The van der Waals surface area contributed by atoms with E-state index in [0.29, 0.717) is 23.5 Å². The molecule has 0 aromatic heterocycles. The second-order valence-electron chi connectivity index (χ2n) is 11.1. The van der Waals surface area contributed by atoms with E-state index >= 15 is 0 Å². The van der Waals surface area contributed by atoms with Crippen molar-refractivity contribution in [1.82, 2.24) is 0 Å². The molecule has 0 heterocycles. The van der Waals surface area contributed by atoms with Gasteiger partial charge in [0.15, 0.2) is 5.78 Å². The number of ketones is 1. The molecule has 1 aromatic rings. The van der Waals surface area contributed by atoms with Crippen LogP contribution in [0.3, 0.4) is 0 Å². The first-order valence-corrected chi connectivity index (χ1v) is 13.0. The van der Waals surface area contributed by atoms with Gasteiger partial charge >= 0.3 is 5.97 Å². The van der Waals surface area contributed by atoms with Crippen molar-refractivity contribution in [1.29, 1.82) is 0 Å². The predicted molar refractivity (Wildman–Crippen MR) is 145 cm³/mol. The first-order valence-electron chi connectivity index (χ1n) is 13.0. The van der Waals surface area contributed by atoms with Gasteiger partial charge in [-0.25, -0.2) is 4.79 Å². The zero-order valence-corrected chi connectivity index (χ0v) is 23.6. The average molecular weight is 497 g/mol. The second-order valence-corrected chi connectivity index (χ2v) is 11.1. The van der Waals surface area contributed by atoms with E-state index in [1.54, 1.807) is 25.3 Å². The SMILES string of the molecule is CCCCCCOc1ccc(C(=O)C=CC2C(OC)=C(C)C(C(=O)OC(C)(C)C)=C(C)C2(C)C)cc1. The molecule has 1 aliphatic carbocycles. The molecule has 0 spiro atoms. The standard InChI is InChI=1S/C31H44O5/c1-10-11-12-13-20-35-24-16-14-23(15-17-24)26(32)19-18-25-28(34-9)21(2)27(22(3)31(25,7)8)29(33)36-30(4,5)6/h14-19,25H,10-13,20H2,1-9H3. The Morgan fingerprint density at radius 2 is 1.67 bits per heavy atom.